The van der Waals surface area contributed by atoms with E-state index < -0.39 is 21.4 Å². The predicted molar refractivity (Wildman–Crippen MR) is 125 cm³/mol. The molecular weight excluding hydrogens is 462 g/mol. The van der Waals surface area contributed by atoms with E-state index >= 15 is 0 Å². The van der Waals surface area contributed by atoms with E-state index in [-0.39, 0.29) is 17.7 Å². The second kappa shape index (κ2) is 9.47. The summed E-state index contributed by atoms with van der Waals surface area (Å²) >= 11 is 0. The zero-order valence-electron chi connectivity index (χ0n) is 19.3. The Balaban J connectivity index is 1.88. The molecule has 2 heterocycles. The monoisotopic (exact) mass is 489 g/mol. The highest BCUT2D eigenvalue weighted by molar-refractivity contribution is 7.93. The Labute approximate surface area is 197 Å². The normalized spacial score (nSPS) is 15.4. The lowest BCUT2D eigenvalue weighted by Gasteiger charge is -2.21. The van der Waals surface area contributed by atoms with Crippen molar-refractivity contribution in [2.45, 2.75) is 31.1 Å². The molecule has 1 aliphatic rings. The Morgan fingerprint density at radius 2 is 1.68 bits per heavy atom. The number of methoxy groups -OCH3 is 3. The summed E-state index contributed by atoms with van der Waals surface area (Å²) in [6.45, 7) is 1.47. The molecule has 1 aliphatic carbocycles. The van der Waals surface area contributed by atoms with Crippen molar-refractivity contribution in [3.8, 4) is 34.6 Å². The van der Waals surface area contributed by atoms with Gasteiger partial charge >= 0.3 is 0 Å². The SMILES string of the molecule is COc1cccc(-c2nnc(NS(=O)(=O)[C@@H](C)[C@H](O)C3CC3)n2-c2c(OC)cccc2OC)n1. The largest absolute Gasteiger partial charge is 0.494 e. The molecule has 2 atom stereocenters. The number of aromatic nitrogens is 4. The van der Waals surface area contributed by atoms with Gasteiger partial charge in [-0.25, -0.2) is 13.4 Å². The van der Waals surface area contributed by atoms with Crippen molar-refractivity contribution in [3.63, 3.8) is 0 Å². The molecule has 0 spiro atoms. The van der Waals surface area contributed by atoms with Crippen molar-refractivity contribution in [3.05, 3.63) is 36.4 Å². The third-order valence-electron chi connectivity index (χ3n) is 5.76. The number of hydrogen-bond donors (Lipinski definition) is 2. The maximum Gasteiger partial charge on any atom is 0.243 e. The van der Waals surface area contributed by atoms with E-state index in [2.05, 4.69) is 19.9 Å². The zero-order valence-corrected chi connectivity index (χ0v) is 20.1. The molecule has 34 heavy (non-hydrogen) atoms. The van der Waals surface area contributed by atoms with Crippen LogP contribution >= 0.6 is 0 Å². The highest BCUT2D eigenvalue weighted by Gasteiger charge is 2.40. The molecule has 3 aromatic rings. The fraction of sp³-hybridized carbons (Fsp3) is 0.409. The van der Waals surface area contributed by atoms with Gasteiger partial charge in [0.2, 0.25) is 21.9 Å². The minimum Gasteiger partial charge on any atom is -0.494 e. The van der Waals surface area contributed by atoms with Crippen LogP contribution < -0.4 is 18.9 Å². The smallest absolute Gasteiger partial charge is 0.243 e. The standard InChI is InChI=1S/C22H27N5O6S/c1-13(20(28)14-11-12-14)34(29,30)26-22-25-24-21(15-7-5-10-18(23-15)33-4)27(22)19-16(31-2)8-6-9-17(19)32-3/h5-10,13-14,20,28H,11-12H2,1-4H3,(H,25,26)/t13-,20-/m0/s1. The molecular formula is C22H27N5O6S. The number of rotatable bonds is 10. The minimum absolute atomic E-state index is 0.0182. The summed E-state index contributed by atoms with van der Waals surface area (Å²) in [5.41, 5.74) is 0.765. The van der Waals surface area contributed by atoms with Crippen LogP contribution in [0.15, 0.2) is 36.4 Å². The molecule has 4 rings (SSSR count). The highest BCUT2D eigenvalue weighted by atomic mass is 32.2. The summed E-state index contributed by atoms with van der Waals surface area (Å²) in [5, 5.41) is 17.7. The summed E-state index contributed by atoms with van der Waals surface area (Å²) in [4.78, 5) is 4.42. The number of benzene rings is 1. The summed E-state index contributed by atoms with van der Waals surface area (Å²) in [6, 6.07) is 10.3. The minimum atomic E-state index is -4.02. The molecule has 0 radical (unpaired) electrons. The number of nitrogens with one attached hydrogen (secondary N) is 1. The molecule has 2 N–H and O–H groups in total. The quantitative estimate of drug-likeness (QED) is 0.439. The average Bonchev–Trinajstić information content (AvgIpc) is 3.63. The predicted octanol–water partition coefficient (Wildman–Crippen LogP) is 2.26. The summed E-state index contributed by atoms with van der Waals surface area (Å²) in [6.07, 6.45) is 0.636. The van der Waals surface area contributed by atoms with Gasteiger partial charge in [0.15, 0.2) is 5.82 Å². The number of sulfonamides is 1. The van der Waals surface area contributed by atoms with Gasteiger partial charge in [-0.05, 0) is 43.9 Å². The number of ether oxygens (including phenoxy) is 3. The number of para-hydroxylation sites is 1. The molecule has 0 aliphatic heterocycles. The molecule has 182 valence electrons. The first-order valence-electron chi connectivity index (χ1n) is 10.7. The van der Waals surface area contributed by atoms with E-state index in [1.165, 1.54) is 32.8 Å². The Bertz CT molecular complexity index is 1250. The van der Waals surface area contributed by atoms with Crippen LogP contribution in [-0.4, -0.2) is 66.0 Å². The molecule has 12 heteroatoms. The van der Waals surface area contributed by atoms with E-state index in [1.54, 1.807) is 36.4 Å². The number of anilines is 1. The Morgan fingerprint density at radius 3 is 2.26 bits per heavy atom. The van der Waals surface area contributed by atoms with Gasteiger partial charge in [0.05, 0.1) is 27.4 Å². The number of hydrogen-bond acceptors (Lipinski definition) is 9. The van der Waals surface area contributed by atoms with E-state index in [1.807, 2.05) is 0 Å². The van der Waals surface area contributed by atoms with Crippen molar-refractivity contribution in [2.75, 3.05) is 26.1 Å². The molecule has 0 amide bonds. The zero-order chi connectivity index (χ0) is 24.5. The first-order chi connectivity index (χ1) is 16.3. The van der Waals surface area contributed by atoms with Crippen LogP contribution in [0, 0.1) is 5.92 Å². The van der Waals surface area contributed by atoms with Crippen LogP contribution in [0.3, 0.4) is 0 Å². The Hall–Kier alpha value is -3.38. The van der Waals surface area contributed by atoms with E-state index in [9.17, 15) is 13.5 Å². The fourth-order valence-electron chi connectivity index (χ4n) is 3.66. The average molecular weight is 490 g/mol. The molecule has 11 nitrogen and oxygen atoms in total. The van der Waals surface area contributed by atoms with Crippen LogP contribution in [0.2, 0.25) is 0 Å². The lowest BCUT2D eigenvalue weighted by molar-refractivity contribution is 0.150. The maximum atomic E-state index is 13.2. The van der Waals surface area contributed by atoms with Gasteiger partial charge in [0, 0.05) is 6.07 Å². The third kappa shape index (κ3) is 4.50. The Morgan fingerprint density at radius 1 is 1.03 bits per heavy atom. The Kier molecular flexibility index (Phi) is 6.62. The lowest BCUT2D eigenvalue weighted by Crippen LogP contribution is -2.37. The topological polar surface area (TPSA) is 138 Å². The van der Waals surface area contributed by atoms with Gasteiger partial charge in [0.1, 0.15) is 28.1 Å². The van der Waals surface area contributed by atoms with Crippen molar-refractivity contribution in [2.24, 2.45) is 5.92 Å². The summed E-state index contributed by atoms with van der Waals surface area (Å²) in [5.74, 6) is 1.26. The highest BCUT2D eigenvalue weighted by Crippen LogP contribution is 2.39. The van der Waals surface area contributed by atoms with Gasteiger partial charge in [0.25, 0.3) is 0 Å². The lowest BCUT2D eigenvalue weighted by atomic mass is 10.2. The molecule has 1 saturated carbocycles. The number of aliphatic hydroxyl groups excluding tert-OH is 1. The van der Waals surface area contributed by atoms with Crippen LogP contribution in [0.4, 0.5) is 5.95 Å². The van der Waals surface area contributed by atoms with Crippen molar-refractivity contribution < 1.29 is 27.7 Å². The fourth-order valence-corrected chi connectivity index (χ4v) is 4.82. The first-order valence-corrected chi connectivity index (χ1v) is 12.2. The van der Waals surface area contributed by atoms with Crippen molar-refractivity contribution >= 4 is 16.0 Å². The van der Waals surface area contributed by atoms with Gasteiger partial charge in [-0.2, -0.15) is 0 Å². The third-order valence-corrected chi connectivity index (χ3v) is 7.48. The van der Waals surface area contributed by atoms with Gasteiger partial charge in [-0.3, -0.25) is 9.29 Å². The first kappa shape index (κ1) is 23.8. The summed E-state index contributed by atoms with van der Waals surface area (Å²) in [7, 11) is 0.453. The van der Waals surface area contributed by atoms with Crippen LogP contribution in [0.1, 0.15) is 19.8 Å². The second-order valence-corrected chi connectivity index (χ2v) is 9.98. The molecule has 0 bridgehead atoms. The number of aliphatic hydroxyl groups is 1. The van der Waals surface area contributed by atoms with Crippen LogP contribution in [0.25, 0.3) is 17.2 Å². The number of pyridine rings is 1. The molecule has 0 unspecified atom stereocenters. The van der Waals surface area contributed by atoms with Crippen molar-refractivity contribution in [1.29, 1.82) is 0 Å². The van der Waals surface area contributed by atoms with Crippen LogP contribution in [0.5, 0.6) is 17.4 Å². The molecule has 1 fully saturated rings. The van der Waals surface area contributed by atoms with Crippen LogP contribution in [-0.2, 0) is 10.0 Å². The van der Waals surface area contributed by atoms with E-state index in [0.717, 1.165) is 12.8 Å². The molecule has 0 saturated heterocycles. The number of nitrogens with zero attached hydrogens (tertiary/aromatic N) is 4. The molecule has 2 aromatic heterocycles. The van der Waals surface area contributed by atoms with Crippen molar-refractivity contribution in [1.82, 2.24) is 19.7 Å². The second-order valence-electron chi connectivity index (χ2n) is 7.94. The van der Waals surface area contributed by atoms with Gasteiger partial charge in [-0.1, -0.05) is 12.1 Å². The van der Waals surface area contributed by atoms with E-state index in [0.29, 0.717) is 28.8 Å². The van der Waals surface area contributed by atoms with E-state index in [4.69, 9.17) is 14.2 Å². The maximum absolute atomic E-state index is 13.2. The van der Waals surface area contributed by atoms with Gasteiger partial charge in [-0.15, -0.1) is 10.2 Å². The van der Waals surface area contributed by atoms with Gasteiger partial charge < -0.3 is 19.3 Å². The summed E-state index contributed by atoms with van der Waals surface area (Å²) < 4.78 is 46.6. The molecule has 1 aromatic carbocycles.